The van der Waals surface area contributed by atoms with E-state index >= 15 is 0 Å². The van der Waals surface area contributed by atoms with E-state index in [4.69, 9.17) is 34.3 Å². The summed E-state index contributed by atoms with van der Waals surface area (Å²) < 4.78 is 25.3. The Morgan fingerprint density at radius 1 is 0.919 bits per heavy atom. The van der Waals surface area contributed by atoms with E-state index < -0.39 is 18.2 Å². The monoisotopic (exact) mass is 519 g/mol. The summed E-state index contributed by atoms with van der Waals surface area (Å²) in [5.41, 5.74) is 9.48. The highest BCUT2D eigenvalue weighted by atomic mass is 16.7. The van der Waals surface area contributed by atoms with Gasteiger partial charge < -0.3 is 34.3 Å². The van der Waals surface area contributed by atoms with E-state index in [2.05, 4.69) is 5.48 Å². The van der Waals surface area contributed by atoms with Crippen LogP contribution >= 0.6 is 0 Å². The van der Waals surface area contributed by atoms with Gasteiger partial charge in [0.15, 0.2) is 18.1 Å². The molecule has 0 aromatic carbocycles. The number of nitrogens with one attached hydrogen (secondary N) is 1. The Hall–Kier alpha value is -4.10. The summed E-state index contributed by atoms with van der Waals surface area (Å²) in [4.78, 5) is 55.0. The molecule has 2 amide bonds. The number of carbonyl (C=O) groups is 4. The average Bonchev–Trinajstić information content (AvgIpc) is 2.99. The lowest BCUT2D eigenvalue weighted by Gasteiger charge is -2.26. The van der Waals surface area contributed by atoms with Gasteiger partial charge in [-0.05, 0) is 19.4 Å². The number of nitrogens with two attached hydrogens (primary N) is 1. The van der Waals surface area contributed by atoms with Crippen molar-refractivity contribution in [1.29, 1.82) is 0 Å². The summed E-state index contributed by atoms with van der Waals surface area (Å²) in [5.74, 6) is -0.880. The molecule has 13 nitrogen and oxygen atoms in total. The van der Waals surface area contributed by atoms with Gasteiger partial charge in [0.1, 0.15) is 5.69 Å². The largest absolute Gasteiger partial charge is 0.513 e. The third kappa shape index (κ3) is 7.44. The molecule has 1 heterocycles. The Balaban J connectivity index is 1.73. The Morgan fingerprint density at radius 2 is 1.46 bits per heavy atom. The number of carbonyl (C=O) groups excluding carboxylic acids is 4. The maximum atomic E-state index is 12.4. The van der Waals surface area contributed by atoms with Gasteiger partial charge in [0.05, 0.1) is 32.8 Å². The first-order valence-corrected chi connectivity index (χ1v) is 11.6. The molecule has 0 radical (unpaired) electrons. The number of nitrogens with zero attached hydrogens (tertiary/aromatic N) is 1. The fourth-order valence-corrected chi connectivity index (χ4v) is 3.51. The topological polar surface area (TPSA) is 165 Å². The maximum Gasteiger partial charge on any atom is 0.513 e. The number of fused-ring (bicyclic) bond motifs is 1. The number of nitrogen functional groups attached to an aromatic ring is 1. The zero-order valence-corrected chi connectivity index (χ0v) is 20.6. The van der Waals surface area contributed by atoms with Crippen LogP contribution in [-0.4, -0.2) is 75.1 Å². The van der Waals surface area contributed by atoms with Gasteiger partial charge in [-0.25, -0.2) is 15.1 Å². The number of rotatable bonds is 9. The molecule has 1 fully saturated rings. The van der Waals surface area contributed by atoms with E-state index in [0.29, 0.717) is 43.0 Å². The highest BCUT2D eigenvalue weighted by Gasteiger charge is 2.28. The van der Waals surface area contributed by atoms with Crippen LogP contribution in [0.5, 0.6) is 11.5 Å². The second-order valence-corrected chi connectivity index (χ2v) is 7.69. The normalized spacial score (nSPS) is 13.1. The molecule has 0 aromatic heterocycles. The van der Waals surface area contributed by atoms with E-state index in [9.17, 15) is 19.2 Å². The lowest BCUT2D eigenvalue weighted by Crippen LogP contribution is -2.43. The Bertz CT molecular complexity index is 1040. The predicted molar refractivity (Wildman–Crippen MR) is 128 cm³/mol. The lowest BCUT2D eigenvalue weighted by atomic mass is 10.2. The van der Waals surface area contributed by atoms with Gasteiger partial charge in [-0.15, -0.1) is 0 Å². The number of hydroxylamine groups is 1. The third-order valence-electron chi connectivity index (χ3n) is 5.20. The van der Waals surface area contributed by atoms with E-state index in [1.807, 2.05) is 0 Å². The highest BCUT2D eigenvalue weighted by Crippen LogP contribution is 2.50. The summed E-state index contributed by atoms with van der Waals surface area (Å²) >= 11 is 0. The van der Waals surface area contributed by atoms with Gasteiger partial charge >= 0.3 is 12.3 Å². The molecule has 0 saturated carbocycles. The zero-order valence-electron chi connectivity index (χ0n) is 20.6. The third-order valence-corrected chi connectivity index (χ3v) is 5.20. The van der Waals surface area contributed by atoms with E-state index in [0.717, 1.165) is 0 Å². The highest BCUT2D eigenvalue weighted by molar-refractivity contribution is 5.95. The molecule has 3 aliphatic rings. The molecule has 200 valence electrons. The first-order chi connectivity index (χ1) is 17.8. The van der Waals surface area contributed by atoms with Gasteiger partial charge in [-0.2, -0.15) is 0 Å². The molecule has 37 heavy (non-hydrogen) atoms. The van der Waals surface area contributed by atoms with Crippen molar-refractivity contribution in [2.45, 2.75) is 20.3 Å². The van der Waals surface area contributed by atoms with Gasteiger partial charge in [-0.3, -0.25) is 14.4 Å². The smallest absolute Gasteiger partial charge is 0.434 e. The van der Waals surface area contributed by atoms with E-state index in [-0.39, 0.29) is 49.3 Å². The van der Waals surface area contributed by atoms with Gasteiger partial charge in [0, 0.05) is 24.2 Å². The van der Waals surface area contributed by atoms with Crippen LogP contribution in [0.25, 0.3) is 11.1 Å². The number of hydrogen-bond donors (Lipinski definition) is 2. The van der Waals surface area contributed by atoms with Crippen molar-refractivity contribution >= 4 is 29.8 Å². The maximum absolute atomic E-state index is 12.4. The van der Waals surface area contributed by atoms with Crippen LogP contribution in [0.3, 0.4) is 0 Å². The minimum Gasteiger partial charge on any atom is -0.434 e. The first-order valence-electron chi connectivity index (χ1n) is 11.6. The fourth-order valence-electron chi connectivity index (χ4n) is 3.51. The lowest BCUT2D eigenvalue weighted by molar-refractivity contribution is -0.147. The van der Waals surface area contributed by atoms with Crippen molar-refractivity contribution in [3.8, 4) is 22.6 Å². The second-order valence-electron chi connectivity index (χ2n) is 7.69. The summed E-state index contributed by atoms with van der Waals surface area (Å²) in [6.07, 6.45) is -2.07. The molecule has 0 spiro atoms. The van der Waals surface area contributed by atoms with Crippen molar-refractivity contribution in [3.05, 3.63) is 29.8 Å². The average molecular weight is 520 g/mol. The van der Waals surface area contributed by atoms with Crippen LogP contribution in [-0.2, 0) is 35.1 Å². The van der Waals surface area contributed by atoms with Crippen LogP contribution in [0.4, 0.5) is 15.3 Å². The molecule has 0 bridgehead atoms. The van der Waals surface area contributed by atoms with Gasteiger partial charge in [0.2, 0.25) is 5.91 Å². The van der Waals surface area contributed by atoms with E-state index in [1.165, 1.54) is 0 Å². The molecular formula is C24H29N3O10. The predicted octanol–water partition coefficient (Wildman–Crippen LogP) is 1.89. The van der Waals surface area contributed by atoms with Gasteiger partial charge in [-0.1, -0.05) is 24.3 Å². The van der Waals surface area contributed by atoms with Crippen LogP contribution in [0.1, 0.15) is 19.4 Å². The van der Waals surface area contributed by atoms with Gasteiger partial charge in [0.25, 0.3) is 5.91 Å². The fraction of sp³-hybridized carbons (Fsp3) is 0.417. The molecule has 13 heteroatoms. The first kappa shape index (κ1) is 27.5. The Kier molecular flexibility index (Phi) is 9.86. The second kappa shape index (κ2) is 13.3. The molecule has 3 N–H and O–H groups in total. The van der Waals surface area contributed by atoms with Crippen molar-refractivity contribution in [1.82, 2.24) is 10.4 Å². The zero-order chi connectivity index (χ0) is 26.8. The quantitative estimate of drug-likeness (QED) is 0.367. The number of amides is 2. The number of ether oxygens (including phenoxy) is 5. The van der Waals surface area contributed by atoms with Crippen molar-refractivity contribution in [3.63, 3.8) is 0 Å². The van der Waals surface area contributed by atoms with Crippen LogP contribution in [0, 0.1) is 0 Å². The number of hydrogen-bond acceptors (Lipinski definition) is 11. The molecular weight excluding hydrogens is 490 g/mol. The SMILES string of the molecule is CCOC(=O)Oc1c2ccc(CC(=O)NOCC(=O)N3CCOCC3)ccc-2c(OC(=O)OCC)c1N. The molecule has 0 atom stereocenters. The molecule has 1 saturated heterocycles. The van der Waals surface area contributed by atoms with Crippen molar-refractivity contribution < 1.29 is 47.7 Å². The number of anilines is 1. The van der Waals surface area contributed by atoms with Crippen LogP contribution in [0.15, 0.2) is 24.3 Å². The molecule has 3 rings (SSSR count). The summed E-state index contributed by atoms with van der Waals surface area (Å²) in [5, 5.41) is 0. The molecule has 1 aliphatic heterocycles. The molecule has 2 aliphatic carbocycles. The molecule has 0 aromatic rings. The minimum absolute atomic E-state index is 0.0655. The summed E-state index contributed by atoms with van der Waals surface area (Å²) in [6.45, 7) is 4.96. The van der Waals surface area contributed by atoms with Crippen molar-refractivity contribution in [2.24, 2.45) is 0 Å². The number of morpholine rings is 1. The van der Waals surface area contributed by atoms with Crippen LogP contribution < -0.4 is 20.7 Å². The Morgan fingerprint density at radius 3 is 1.97 bits per heavy atom. The molecule has 0 unspecified atom stereocenters. The standard InChI is InChI=1S/C24H29N3O10/c1-3-33-23(30)36-21-16-7-5-15(6-8-17(16)22(20(21)25)37-24(31)34-4-2)13-18(28)26-35-14-19(29)27-9-11-32-12-10-27/h5-8H,3-4,9-14,25H2,1-2H3,(H,26,28). The minimum atomic E-state index is -0.987. The summed E-state index contributed by atoms with van der Waals surface area (Å²) in [6, 6.07) is 6.33. The summed E-state index contributed by atoms with van der Waals surface area (Å²) in [7, 11) is 0. The Labute approximate surface area is 213 Å². The van der Waals surface area contributed by atoms with Crippen LogP contribution in [0.2, 0.25) is 0 Å². The van der Waals surface area contributed by atoms with E-state index in [1.54, 1.807) is 43.0 Å². The van der Waals surface area contributed by atoms with Crippen molar-refractivity contribution in [2.75, 3.05) is 51.9 Å².